The van der Waals surface area contributed by atoms with Crippen LogP contribution in [0.2, 0.25) is 0 Å². The van der Waals surface area contributed by atoms with Crippen LogP contribution in [0.3, 0.4) is 0 Å². The van der Waals surface area contributed by atoms with Gasteiger partial charge in [0.05, 0.1) is 39.8 Å². The van der Waals surface area contributed by atoms with Crippen LogP contribution in [0.15, 0.2) is 36.7 Å². The average Bonchev–Trinajstić information content (AvgIpc) is 2.75. The molecule has 2 heterocycles. The molecule has 0 radical (unpaired) electrons. The zero-order valence-corrected chi connectivity index (χ0v) is 13.7. The van der Waals surface area contributed by atoms with E-state index in [0.717, 1.165) is 5.56 Å². The second-order valence-corrected chi connectivity index (χ2v) is 6.54. The van der Waals surface area contributed by atoms with Gasteiger partial charge in [0.1, 0.15) is 5.75 Å². The first-order valence-electron chi connectivity index (χ1n) is 8.94. The van der Waals surface area contributed by atoms with Crippen LogP contribution in [0, 0.1) is 0 Å². The third-order valence-corrected chi connectivity index (χ3v) is 4.43. The van der Waals surface area contributed by atoms with Gasteiger partial charge in [0.25, 0.3) is 0 Å². The first kappa shape index (κ1) is 12.5. The van der Waals surface area contributed by atoms with E-state index in [0.29, 0.717) is 11.3 Å². The highest BCUT2D eigenvalue weighted by Crippen LogP contribution is 2.36. The molecule has 3 rings (SSSR count). The molecule has 0 amide bonds. The predicted molar refractivity (Wildman–Crippen MR) is 89.7 cm³/mol. The van der Waals surface area contributed by atoms with Gasteiger partial charge < -0.3 is 14.0 Å². The molecular formula is C17H21BN2O3. The topological polar surface area (TPSA) is 53.5 Å². The molecule has 0 spiro atoms. The average molecular weight is 315 g/mol. The van der Waals surface area contributed by atoms with Gasteiger partial charge in [-0.3, -0.25) is 9.97 Å². The van der Waals surface area contributed by atoms with Crippen molar-refractivity contribution in [3.63, 3.8) is 0 Å². The van der Waals surface area contributed by atoms with Crippen molar-refractivity contribution in [2.75, 3.05) is 7.04 Å². The highest BCUT2D eigenvalue weighted by molar-refractivity contribution is 6.61. The second kappa shape index (κ2) is 5.62. The van der Waals surface area contributed by atoms with Crippen LogP contribution in [0.25, 0.3) is 11.3 Å². The quantitative estimate of drug-likeness (QED) is 0.814. The molecule has 0 unspecified atom stereocenters. The molecule has 2 aromatic rings. The molecule has 6 heteroatoms. The molecule has 5 nitrogen and oxygen atoms in total. The van der Waals surface area contributed by atoms with Crippen molar-refractivity contribution >= 4 is 12.7 Å². The molecule has 120 valence electrons. The Morgan fingerprint density at radius 1 is 1.00 bits per heavy atom. The maximum absolute atomic E-state index is 7.11. The van der Waals surface area contributed by atoms with Crippen LogP contribution in [0.4, 0.5) is 0 Å². The molecule has 0 bridgehead atoms. The fourth-order valence-electron chi connectivity index (χ4n) is 2.27. The maximum atomic E-state index is 7.11. The lowest BCUT2D eigenvalue weighted by atomic mass is 9.85. The first-order chi connectivity index (χ1) is 12.0. The number of benzene rings is 1. The monoisotopic (exact) mass is 315 g/mol. The van der Waals surface area contributed by atoms with E-state index in [2.05, 4.69) is 9.97 Å². The molecule has 1 aliphatic rings. The number of methoxy groups -OCH3 is 1. The van der Waals surface area contributed by atoms with E-state index in [9.17, 15) is 0 Å². The van der Waals surface area contributed by atoms with Crippen LogP contribution in [-0.2, 0) is 9.31 Å². The van der Waals surface area contributed by atoms with Gasteiger partial charge in [-0.1, -0.05) is 0 Å². The SMILES string of the molecule is [2H]C([2H])([2H])Oc1ccc(-c2cnc(B3OC(C)(C)C(C)(C)O3)cn2)cc1. The molecule has 1 aromatic heterocycles. The van der Waals surface area contributed by atoms with E-state index in [1.165, 1.54) is 0 Å². The zero-order valence-electron chi connectivity index (χ0n) is 16.7. The number of rotatable bonds is 3. The Hall–Kier alpha value is -1.92. The number of ether oxygens (including phenoxy) is 1. The van der Waals surface area contributed by atoms with Crippen LogP contribution >= 0.6 is 0 Å². The third kappa shape index (κ3) is 2.96. The van der Waals surface area contributed by atoms with Crippen molar-refractivity contribution in [2.24, 2.45) is 0 Å². The van der Waals surface area contributed by atoms with E-state index in [1.807, 2.05) is 27.7 Å². The summed E-state index contributed by atoms with van der Waals surface area (Å²) in [6, 6.07) is 6.65. The minimum atomic E-state index is -2.47. The van der Waals surface area contributed by atoms with Crippen molar-refractivity contribution in [3.8, 4) is 17.0 Å². The van der Waals surface area contributed by atoms with Crippen molar-refractivity contribution < 1.29 is 18.2 Å². The minimum absolute atomic E-state index is 0.274. The molecule has 0 aliphatic carbocycles. The predicted octanol–water partition coefficient (Wildman–Crippen LogP) is 2.45. The van der Waals surface area contributed by atoms with E-state index in [1.54, 1.807) is 36.7 Å². The molecule has 0 atom stereocenters. The fourth-order valence-corrected chi connectivity index (χ4v) is 2.27. The molecule has 23 heavy (non-hydrogen) atoms. The third-order valence-electron chi connectivity index (χ3n) is 4.43. The van der Waals surface area contributed by atoms with Gasteiger partial charge in [0.15, 0.2) is 0 Å². The van der Waals surface area contributed by atoms with Gasteiger partial charge in [0, 0.05) is 11.8 Å². The lowest BCUT2D eigenvalue weighted by molar-refractivity contribution is 0.00578. The van der Waals surface area contributed by atoms with E-state index >= 15 is 0 Å². The van der Waals surface area contributed by atoms with Crippen LogP contribution in [-0.4, -0.2) is 35.3 Å². The van der Waals surface area contributed by atoms with Crippen LogP contribution in [0.1, 0.15) is 31.8 Å². The summed E-state index contributed by atoms with van der Waals surface area (Å²) in [5, 5.41) is 0. The van der Waals surface area contributed by atoms with Crippen molar-refractivity contribution in [3.05, 3.63) is 36.7 Å². The molecule has 1 saturated heterocycles. The van der Waals surface area contributed by atoms with Crippen molar-refractivity contribution in [1.82, 2.24) is 9.97 Å². The summed E-state index contributed by atoms with van der Waals surface area (Å²) in [5.41, 5.74) is 1.20. The van der Waals surface area contributed by atoms with Crippen molar-refractivity contribution in [1.29, 1.82) is 0 Å². The summed E-state index contributed by atoms with van der Waals surface area (Å²) < 4.78 is 38.1. The Bertz CT molecular complexity index is 761. The van der Waals surface area contributed by atoms with E-state index in [-0.39, 0.29) is 5.75 Å². The zero-order chi connectivity index (χ0) is 19.2. The summed E-state index contributed by atoms with van der Waals surface area (Å²) in [6.07, 6.45) is 3.27. The molecule has 0 N–H and O–H groups in total. The summed E-state index contributed by atoms with van der Waals surface area (Å²) in [5.74, 6) is 0.274. The summed E-state index contributed by atoms with van der Waals surface area (Å²) >= 11 is 0. The molecule has 0 saturated carbocycles. The molecule has 1 aromatic carbocycles. The smallest absolute Gasteiger partial charge is 0.497 e. The number of hydrogen-bond acceptors (Lipinski definition) is 5. The van der Waals surface area contributed by atoms with Gasteiger partial charge in [-0.25, -0.2) is 0 Å². The Kier molecular flexibility index (Phi) is 3.05. The first-order valence-corrected chi connectivity index (χ1v) is 7.44. The van der Waals surface area contributed by atoms with E-state index in [4.69, 9.17) is 18.2 Å². The van der Waals surface area contributed by atoms with Gasteiger partial charge in [-0.2, -0.15) is 0 Å². The maximum Gasteiger partial charge on any atom is 0.516 e. The highest BCUT2D eigenvalue weighted by Gasteiger charge is 2.52. The normalized spacial score (nSPS) is 21.4. The van der Waals surface area contributed by atoms with Crippen molar-refractivity contribution in [2.45, 2.75) is 38.9 Å². The molecule has 1 aliphatic heterocycles. The molecular weight excluding hydrogens is 291 g/mol. The van der Waals surface area contributed by atoms with Gasteiger partial charge in [-0.15, -0.1) is 0 Å². The van der Waals surface area contributed by atoms with Crippen LogP contribution in [0.5, 0.6) is 5.75 Å². The lowest BCUT2D eigenvalue weighted by Gasteiger charge is -2.32. The summed E-state index contributed by atoms with van der Waals surface area (Å²) in [7, 11) is -3.03. The summed E-state index contributed by atoms with van der Waals surface area (Å²) in [4.78, 5) is 8.84. The largest absolute Gasteiger partial charge is 0.516 e. The van der Waals surface area contributed by atoms with Crippen LogP contribution < -0.4 is 10.3 Å². The standard InChI is InChI=1S/C17H21BN2O3/c1-16(2)17(3,4)23-18(22-16)15-11-19-14(10-20-15)12-6-8-13(21-5)9-7-12/h6-11H,1-5H3/i5D3. The van der Waals surface area contributed by atoms with E-state index < -0.39 is 25.4 Å². The van der Waals surface area contributed by atoms with Gasteiger partial charge >= 0.3 is 7.12 Å². The Labute approximate surface area is 141 Å². The fraction of sp³-hybridized carbons (Fsp3) is 0.412. The Balaban J connectivity index is 1.74. The molecule has 1 fully saturated rings. The Morgan fingerprint density at radius 3 is 2.17 bits per heavy atom. The van der Waals surface area contributed by atoms with Gasteiger partial charge in [0.2, 0.25) is 0 Å². The minimum Gasteiger partial charge on any atom is -0.497 e. The van der Waals surface area contributed by atoms with Gasteiger partial charge in [-0.05, 0) is 52.0 Å². The number of nitrogens with zero attached hydrogens (tertiary/aromatic N) is 2. The number of hydrogen-bond donors (Lipinski definition) is 0. The second-order valence-electron chi connectivity index (χ2n) is 6.54. The highest BCUT2D eigenvalue weighted by atomic mass is 16.7. The number of aromatic nitrogens is 2. The summed E-state index contributed by atoms with van der Waals surface area (Å²) in [6.45, 7) is 7.94. The Morgan fingerprint density at radius 2 is 1.65 bits per heavy atom. The lowest BCUT2D eigenvalue weighted by Crippen LogP contribution is -2.41.